The zero-order chi connectivity index (χ0) is 21.0. The van der Waals surface area contributed by atoms with Crippen molar-refractivity contribution in [3.63, 3.8) is 0 Å². The van der Waals surface area contributed by atoms with Crippen LogP contribution in [0, 0.1) is 0 Å². The zero-order valence-corrected chi connectivity index (χ0v) is 17.3. The van der Waals surface area contributed by atoms with Crippen LogP contribution in [0.3, 0.4) is 0 Å². The minimum absolute atomic E-state index is 0.0149. The van der Waals surface area contributed by atoms with Crippen LogP contribution in [0.2, 0.25) is 0 Å². The van der Waals surface area contributed by atoms with Crippen LogP contribution in [0.15, 0.2) is 42.7 Å². The first-order valence-corrected chi connectivity index (χ1v) is 10.7. The molecule has 3 aromatic rings. The topological polar surface area (TPSA) is 96.2 Å². The van der Waals surface area contributed by atoms with Crippen molar-refractivity contribution in [1.29, 1.82) is 0 Å². The standard InChI is InChI=1S/C21H25N9O/c31-21(17-5-4-6-18(15-17)30-16-22-25-26-30)29-13-11-28(12-14-29)20-8-7-19(23-24-20)27-9-2-1-3-10-27/h4-8,15-16H,1-3,9-14H2. The first-order chi connectivity index (χ1) is 15.3. The molecule has 1 aromatic carbocycles. The number of anilines is 2. The summed E-state index contributed by atoms with van der Waals surface area (Å²) in [7, 11) is 0. The molecule has 2 aliphatic rings. The highest BCUT2D eigenvalue weighted by Gasteiger charge is 2.24. The average Bonchev–Trinajstić information content (AvgIpc) is 3.40. The Morgan fingerprint density at radius 1 is 0.806 bits per heavy atom. The van der Waals surface area contributed by atoms with Crippen LogP contribution < -0.4 is 9.80 Å². The van der Waals surface area contributed by atoms with Gasteiger partial charge >= 0.3 is 0 Å². The third-order valence-corrected chi connectivity index (χ3v) is 5.91. The van der Waals surface area contributed by atoms with Gasteiger partial charge in [-0.1, -0.05) is 6.07 Å². The molecule has 0 N–H and O–H groups in total. The highest BCUT2D eigenvalue weighted by atomic mass is 16.2. The molecular weight excluding hydrogens is 394 g/mol. The fraction of sp³-hybridized carbons (Fsp3) is 0.429. The molecule has 2 saturated heterocycles. The van der Waals surface area contributed by atoms with Gasteiger partial charge in [0.1, 0.15) is 6.33 Å². The van der Waals surface area contributed by atoms with Gasteiger partial charge in [-0.25, -0.2) is 4.68 Å². The molecule has 0 saturated carbocycles. The van der Waals surface area contributed by atoms with E-state index in [2.05, 4.69) is 41.6 Å². The molecule has 0 bridgehead atoms. The van der Waals surface area contributed by atoms with Crippen molar-refractivity contribution in [3.05, 3.63) is 48.3 Å². The van der Waals surface area contributed by atoms with Gasteiger partial charge < -0.3 is 14.7 Å². The van der Waals surface area contributed by atoms with Gasteiger partial charge in [-0.2, -0.15) is 0 Å². The number of rotatable bonds is 4. The van der Waals surface area contributed by atoms with Crippen molar-refractivity contribution in [1.82, 2.24) is 35.3 Å². The lowest BCUT2D eigenvalue weighted by molar-refractivity contribution is 0.0746. The second-order valence-electron chi connectivity index (χ2n) is 7.88. The molecule has 0 atom stereocenters. The van der Waals surface area contributed by atoms with E-state index < -0.39 is 0 Å². The molecule has 10 heteroatoms. The van der Waals surface area contributed by atoms with Crippen molar-refractivity contribution in [2.45, 2.75) is 19.3 Å². The summed E-state index contributed by atoms with van der Waals surface area (Å²) < 4.78 is 1.54. The van der Waals surface area contributed by atoms with Gasteiger partial charge in [0.15, 0.2) is 11.6 Å². The van der Waals surface area contributed by atoms with Crippen molar-refractivity contribution >= 4 is 17.5 Å². The summed E-state index contributed by atoms with van der Waals surface area (Å²) in [5, 5.41) is 20.1. The maximum atomic E-state index is 13.0. The molecule has 4 heterocycles. The van der Waals surface area contributed by atoms with E-state index in [1.807, 2.05) is 35.2 Å². The van der Waals surface area contributed by atoms with Gasteiger partial charge in [-0.15, -0.1) is 15.3 Å². The average molecular weight is 419 g/mol. The molecule has 10 nitrogen and oxygen atoms in total. The molecule has 0 aliphatic carbocycles. The van der Waals surface area contributed by atoms with Crippen LogP contribution in [0.1, 0.15) is 29.6 Å². The quantitative estimate of drug-likeness (QED) is 0.626. The van der Waals surface area contributed by atoms with E-state index in [-0.39, 0.29) is 5.91 Å². The third kappa shape index (κ3) is 4.18. The summed E-state index contributed by atoms with van der Waals surface area (Å²) >= 11 is 0. The Morgan fingerprint density at radius 3 is 2.16 bits per heavy atom. The maximum absolute atomic E-state index is 13.0. The fourth-order valence-electron chi connectivity index (χ4n) is 4.16. The number of hydrogen-bond donors (Lipinski definition) is 0. The predicted octanol–water partition coefficient (Wildman–Crippen LogP) is 1.40. The minimum Gasteiger partial charge on any atom is -0.355 e. The van der Waals surface area contributed by atoms with Crippen LogP contribution in [0.25, 0.3) is 5.69 Å². The first-order valence-electron chi connectivity index (χ1n) is 10.7. The number of benzene rings is 1. The SMILES string of the molecule is O=C(c1cccc(-n2cnnn2)c1)N1CCN(c2ccc(N3CCCCC3)nn2)CC1. The second kappa shape index (κ2) is 8.66. The molecule has 2 fully saturated rings. The van der Waals surface area contributed by atoms with Gasteiger partial charge in [0.05, 0.1) is 5.69 Å². The minimum atomic E-state index is 0.0149. The number of hydrogen-bond acceptors (Lipinski definition) is 8. The second-order valence-corrected chi connectivity index (χ2v) is 7.88. The van der Waals surface area contributed by atoms with Gasteiger partial charge in [0.2, 0.25) is 0 Å². The summed E-state index contributed by atoms with van der Waals surface area (Å²) in [6, 6.07) is 11.5. The van der Waals surface area contributed by atoms with Gasteiger partial charge in [0, 0.05) is 44.8 Å². The largest absolute Gasteiger partial charge is 0.355 e. The van der Waals surface area contributed by atoms with Gasteiger partial charge in [-0.3, -0.25) is 4.79 Å². The van der Waals surface area contributed by atoms with Crippen LogP contribution in [-0.4, -0.2) is 80.5 Å². The number of carbonyl (C=O) groups excluding carboxylic acids is 1. The number of amides is 1. The van der Waals surface area contributed by atoms with Crippen LogP contribution in [0.5, 0.6) is 0 Å². The van der Waals surface area contributed by atoms with E-state index in [4.69, 9.17) is 0 Å². The smallest absolute Gasteiger partial charge is 0.254 e. The van der Waals surface area contributed by atoms with E-state index in [0.717, 1.165) is 43.5 Å². The summed E-state index contributed by atoms with van der Waals surface area (Å²) in [4.78, 5) is 19.4. The normalized spacial score (nSPS) is 17.1. The molecule has 0 unspecified atom stereocenters. The highest BCUT2D eigenvalue weighted by Crippen LogP contribution is 2.20. The van der Waals surface area contributed by atoms with E-state index >= 15 is 0 Å². The molecule has 1 amide bonds. The summed E-state index contributed by atoms with van der Waals surface area (Å²) in [5.41, 5.74) is 1.39. The molecule has 160 valence electrons. The molecule has 31 heavy (non-hydrogen) atoms. The summed E-state index contributed by atoms with van der Waals surface area (Å²) in [6.45, 7) is 4.87. The van der Waals surface area contributed by atoms with Gasteiger partial charge in [0.25, 0.3) is 5.91 Å². The van der Waals surface area contributed by atoms with Crippen LogP contribution >= 0.6 is 0 Å². The van der Waals surface area contributed by atoms with E-state index in [9.17, 15) is 4.79 Å². The molecular formula is C21H25N9O. The predicted molar refractivity (Wildman–Crippen MR) is 115 cm³/mol. The van der Waals surface area contributed by atoms with Crippen molar-refractivity contribution < 1.29 is 4.79 Å². The van der Waals surface area contributed by atoms with Gasteiger partial charge in [-0.05, 0) is 60.0 Å². The van der Waals surface area contributed by atoms with E-state index in [1.165, 1.54) is 25.6 Å². The Kier molecular flexibility index (Phi) is 5.42. The number of piperazine rings is 1. The third-order valence-electron chi connectivity index (χ3n) is 5.91. The van der Waals surface area contributed by atoms with Crippen LogP contribution in [0.4, 0.5) is 11.6 Å². The number of aromatic nitrogens is 6. The molecule has 5 rings (SSSR count). The molecule has 0 spiro atoms. The molecule has 2 aromatic heterocycles. The Hall–Kier alpha value is -3.56. The van der Waals surface area contributed by atoms with Crippen molar-refractivity contribution in [2.24, 2.45) is 0 Å². The number of piperidine rings is 1. The maximum Gasteiger partial charge on any atom is 0.254 e. The Bertz CT molecular complexity index is 1010. The Morgan fingerprint density at radius 2 is 1.52 bits per heavy atom. The first kappa shape index (κ1) is 19.4. The lowest BCUT2D eigenvalue weighted by atomic mass is 10.1. The lowest BCUT2D eigenvalue weighted by Crippen LogP contribution is -2.49. The van der Waals surface area contributed by atoms with E-state index in [0.29, 0.717) is 18.7 Å². The number of nitrogens with zero attached hydrogens (tertiary/aromatic N) is 9. The Labute approximate surface area is 180 Å². The molecule has 2 aliphatic heterocycles. The zero-order valence-electron chi connectivity index (χ0n) is 17.3. The number of tetrazole rings is 1. The van der Waals surface area contributed by atoms with E-state index in [1.54, 1.807) is 4.68 Å². The van der Waals surface area contributed by atoms with Crippen LogP contribution in [-0.2, 0) is 0 Å². The highest BCUT2D eigenvalue weighted by molar-refractivity contribution is 5.95. The lowest BCUT2D eigenvalue weighted by Gasteiger charge is -2.35. The summed E-state index contributed by atoms with van der Waals surface area (Å²) in [6.07, 6.45) is 5.25. The van der Waals surface area contributed by atoms with Crippen molar-refractivity contribution in [2.75, 3.05) is 49.1 Å². The van der Waals surface area contributed by atoms with Crippen molar-refractivity contribution in [3.8, 4) is 5.69 Å². The monoisotopic (exact) mass is 419 g/mol. The number of carbonyl (C=O) groups is 1. The summed E-state index contributed by atoms with van der Waals surface area (Å²) in [5.74, 6) is 1.84. The fourth-order valence-corrected chi connectivity index (χ4v) is 4.16. The Balaban J connectivity index is 1.20. The molecule has 0 radical (unpaired) electrons.